The zero-order valence-corrected chi connectivity index (χ0v) is 11.7. The number of halogens is 1. The Kier molecular flexibility index (Phi) is 4.14. The van der Waals surface area contributed by atoms with E-state index in [-0.39, 0.29) is 5.41 Å². The van der Waals surface area contributed by atoms with Gasteiger partial charge < -0.3 is 4.74 Å². The molecule has 0 saturated heterocycles. The largest absolute Gasteiger partial charge is 0.493 e. The second kappa shape index (κ2) is 5.00. The molecule has 0 spiro atoms. The molecule has 1 aromatic rings. The molecule has 88 valence electrons. The van der Waals surface area contributed by atoms with Crippen molar-refractivity contribution in [3.05, 3.63) is 27.7 Å². The number of carbonyl (C=O) groups excluding carboxylic acids is 1. The monoisotopic (exact) mass is 284 g/mol. The first-order valence-corrected chi connectivity index (χ1v) is 6.11. The SMILES string of the molecule is CCOc1c(C=O)cc(Br)cc1C(C)(C)C. The van der Waals surface area contributed by atoms with Gasteiger partial charge in [0.15, 0.2) is 6.29 Å². The summed E-state index contributed by atoms with van der Waals surface area (Å²) in [7, 11) is 0. The maximum atomic E-state index is 11.0. The number of hydrogen-bond donors (Lipinski definition) is 0. The van der Waals surface area contributed by atoms with Crippen LogP contribution < -0.4 is 4.74 Å². The van der Waals surface area contributed by atoms with Gasteiger partial charge in [0.05, 0.1) is 12.2 Å². The van der Waals surface area contributed by atoms with Crippen molar-refractivity contribution in [3.63, 3.8) is 0 Å². The highest BCUT2D eigenvalue weighted by atomic mass is 79.9. The fourth-order valence-corrected chi connectivity index (χ4v) is 2.04. The van der Waals surface area contributed by atoms with Crippen LogP contribution in [0.3, 0.4) is 0 Å². The Morgan fingerprint density at radius 1 is 1.38 bits per heavy atom. The van der Waals surface area contributed by atoms with Gasteiger partial charge in [0.2, 0.25) is 0 Å². The molecule has 0 bridgehead atoms. The summed E-state index contributed by atoms with van der Waals surface area (Å²) in [6, 6.07) is 3.80. The lowest BCUT2D eigenvalue weighted by molar-refractivity contribution is 0.111. The van der Waals surface area contributed by atoms with E-state index < -0.39 is 0 Å². The first kappa shape index (κ1) is 13.2. The van der Waals surface area contributed by atoms with Crippen LogP contribution >= 0.6 is 15.9 Å². The van der Waals surface area contributed by atoms with Gasteiger partial charge >= 0.3 is 0 Å². The summed E-state index contributed by atoms with van der Waals surface area (Å²) in [5.41, 5.74) is 1.60. The van der Waals surface area contributed by atoms with E-state index in [9.17, 15) is 4.79 Å². The van der Waals surface area contributed by atoms with Gasteiger partial charge in [-0.05, 0) is 24.5 Å². The Morgan fingerprint density at radius 2 is 2.00 bits per heavy atom. The van der Waals surface area contributed by atoms with Gasteiger partial charge in [0.25, 0.3) is 0 Å². The van der Waals surface area contributed by atoms with Crippen molar-refractivity contribution in [1.82, 2.24) is 0 Å². The average Bonchev–Trinajstić information content (AvgIpc) is 2.18. The maximum absolute atomic E-state index is 11.0. The maximum Gasteiger partial charge on any atom is 0.153 e. The van der Waals surface area contributed by atoms with E-state index in [1.807, 2.05) is 13.0 Å². The van der Waals surface area contributed by atoms with Crippen molar-refractivity contribution < 1.29 is 9.53 Å². The van der Waals surface area contributed by atoms with E-state index in [1.165, 1.54) is 0 Å². The summed E-state index contributed by atoms with van der Waals surface area (Å²) in [4.78, 5) is 11.0. The molecule has 0 aliphatic carbocycles. The Bertz CT molecular complexity index is 392. The minimum Gasteiger partial charge on any atom is -0.493 e. The van der Waals surface area contributed by atoms with Crippen LogP contribution in [0.4, 0.5) is 0 Å². The van der Waals surface area contributed by atoms with Crippen molar-refractivity contribution in [2.45, 2.75) is 33.1 Å². The molecule has 0 aromatic heterocycles. The van der Waals surface area contributed by atoms with Gasteiger partial charge in [0.1, 0.15) is 5.75 Å². The average molecular weight is 285 g/mol. The van der Waals surface area contributed by atoms with E-state index in [1.54, 1.807) is 6.07 Å². The second-order valence-electron chi connectivity index (χ2n) is 4.67. The van der Waals surface area contributed by atoms with Crippen molar-refractivity contribution in [2.24, 2.45) is 0 Å². The third-order valence-corrected chi connectivity index (χ3v) is 2.76. The normalized spacial score (nSPS) is 11.3. The van der Waals surface area contributed by atoms with Crippen LogP contribution in [0, 0.1) is 0 Å². The predicted molar refractivity (Wildman–Crippen MR) is 69.4 cm³/mol. The summed E-state index contributed by atoms with van der Waals surface area (Å²) in [5.74, 6) is 0.702. The van der Waals surface area contributed by atoms with E-state index in [2.05, 4.69) is 36.7 Å². The zero-order chi connectivity index (χ0) is 12.3. The molecule has 0 heterocycles. The predicted octanol–water partition coefficient (Wildman–Crippen LogP) is 3.96. The number of carbonyl (C=O) groups is 1. The smallest absolute Gasteiger partial charge is 0.153 e. The molecular weight excluding hydrogens is 268 g/mol. The van der Waals surface area contributed by atoms with Crippen LogP contribution in [0.5, 0.6) is 5.75 Å². The minimum absolute atomic E-state index is 0.0496. The standard InChI is InChI=1S/C13H17BrO2/c1-5-16-12-9(8-15)6-10(14)7-11(12)13(2,3)4/h6-8H,5H2,1-4H3. The number of ether oxygens (including phenoxy) is 1. The Labute approximate surface area is 105 Å². The van der Waals surface area contributed by atoms with E-state index in [0.29, 0.717) is 17.9 Å². The molecule has 0 aliphatic heterocycles. The van der Waals surface area contributed by atoms with Crippen molar-refractivity contribution in [1.29, 1.82) is 0 Å². The summed E-state index contributed by atoms with van der Waals surface area (Å²) >= 11 is 3.42. The quantitative estimate of drug-likeness (QED) is 0.786. The van der Waals surface area contributed by atoms with E-state index in [4.69, 9.17) is 4.74 Å². The van der Waals surface area contributed by atoms with Crippen LogP contribution in [0.2, 0.25) is 0 Å². The molecule has 1 rings (SSSR count). The van der Waals surface area contributed by atoms with E-state index in [0.717, 1.165) is 16.3 Å². The molecule has 0 unspecified atom stereocenters. The van der Waals surface area contributed by atoms with Crippen molar-refractivity contribution in [2.75, 3.05) is 6.61 Å². The molecule has 0 aliphatic rings. The number of aldehydes is 1. The first-order chi connectivity index (χ1) is 7.40. The summed E-state index contributed by atoms with van der Waals surface area (Å²) < 4.78 is 6.49. The molecule has 0 saturated carbocycles. The van der Waals surface area contributed by atoms with Crippen molar-refractivity contribution in [3.8, 4) is 5.75 Å². The second-order valence-corrected chi connectivity index (χ2v) is 5.59. The van der Waals surface area contributed by atoms with Gasteiger partial charge in [0, 0.05) is 10.0 Å². The van der Waals surface area contributed by atoms with Crippen molar-refractivity contribution >= 4 is 22.2 Å². The summed E-state index contributed by atoms with van der Waals surface area (Å²) in [5, 5.41) is 0. The van der Waals surface area contributed by atoms with Gasteiger partial charge in [-0.1, -0.05) is 36.7 Å². The molecule has 16 heavy (non-hydrogen) atoms. The van der Waals surface area contributed by atoms with Crippen LogP contribution in [0.1, 0.15) is 43.6 Å². The van der Waals surface area contributed by atoms with E-state index >= 15 is 0 Å². The Morgan fingerprint density at radius 3 is 2.44 bits per heavy atom. The van der Waals surface area contributed by atoms with Crippen LogP contribution in [0.25, 0.3) is 0 Å². The van der Waals surface area contributed by atoms with Crippen LogP contribution in [-0.2, 0) is 5.41 Å². The molecule has 1 aromatic carbocycles. The summed E-state index contributed by atoms with van der Waals surface area (Å²) in [6.07, 6.45) is 0.838. The topological polar surface area (TPSA) is 26.3 Å². The van der Waals surface area contributed by atoms with Crippen LogP contribution in [0.15, 0.2) is 16.6 Å². The lowest BCUT2D eigenvalue weighted by atomic mass is 9.85. The highest BCUT2D eigenvalue weighted by molar-refractivity contribution is 9.10. The highest BCUT2D eigenvalue weighted by Crippen LogP contribution is 2.36. The molecule has 2 nitrogen and oxygen atoms in total. The number of benzene rings is 1. The molecule has 0 atom stereocenters. The lowest BCUT2D eigenvalue weighted by Crippen LogP contribution is -2.15. The molecule has 0 N–H and O–H groups in total. The Balaban J connectivity index is 3.44. The number of rotatable bonds is 3. The lowest BCUT2D eigenvalue weighted by Gasteiger charge is -2.24. The molecule has 0 radical (unpaired) electrons. The number of hydrogen-bond acceptors (Lipinski definition) is 2. The minimum atomic E-state index is -0.0496. The molecule has 3 heteroatoms. The fraction of sp³-hybridized carbons (Fsp3) is 0.462. The molecular formula is C13H17BrO2. The third kappa shape index (κ3) is 2.85. The van der Waals surface area contributed by atoms with Gasteiger partial charge in [-0.15, -0.1) is 0 Å². The third-order valence-electron chi connectivity index (χ3n) is 2.31. The molecule has 0 fully saturated rings. The Hall–Kier alpha value is -0.830. The first-order valence-electron chi connectivity index (χ1n) is 5.32. The zero-order valence-electron chi connectivity index (χ0n) is 10.1. The molecule has 0 amide bonds. The van der Waals surface area contributed by atoms with Gasteiger partial charge in [-0.25, -0.2) is 0 Å². The highest BCUT2D eigenvalue weighted by Gasteiger charge is 2.22. The van der Waals surface area contributed by atoms with Gasteiger partial charge in [-0.2, -0.15) is 0 Å². The summed E-state index contributed by atoms with van der Waals surface area (Å²) in [6.45, 7) is 8.79. The van der Waals surface area contributed by atoms with Gasteiger partial charge in [-0.3, -0.25) is 4.79 Å². The van der Waals surface area contributed by atoms with Crippen LogP contribution in [-0.4, -0.2) is 12.9 Å². The fourth-order valence-electron chi connectivity index (χ4n) is 1.56.